The number of urea groups is 1. The minimum Gasteiger partial charge on any atom is -0.480 e. The van der Waals surface area contributed by atoms with Crippen LogP contribution in [0.3, 0.4) is 0 Å². The van der Waals surface area contributed by atoms with E-state index >= 15 is 0 Å². The molecule has 0 bridgehead atoms. The molecule has 3 amide bonds. The molecule has 0 aromatic heterocycles. The summed E-state index contributed by atoms with van der Waals surface area (Å²) < 4.78 is 0. The molecule has 1 saturated heterocycles. The summed E-state index contributed by atoms with van der Waals surface area (Å²) >= 11 is 6.13. The van der Waals surface area contributed by atoms with Crippen LogP contribution in [-0.2, 0) is 4.79 Å². The summed E-state index contributed by atoms with van der Waals surface area (Å²) in [6.07, 6.45) is 2.46. The molecular weight excluding hydrogens is 334 g/mol. The highest BCUT2D eigenvalue weighted by Crippen LogP contribution is 2.33. The van der Waals surface area contributed by atoms with Crippen LogP contribution in [0.5, 0.6) is 0 Å². The van der Waals surface area contributed by atoms with Gasteiger partial charge in [-0.2, -0.15) is 0 Å². The van der Waals surface area contributed by atoms with Crippen LogP contribution >= 0.6 is 11.6 Å². The van der Waals surface area contributed by atoms with E-state index < -0.39 is 17.9 Å². The number of carbonyl (C=O) groups excluding carboxylic acids is 2. The SMILES string of the molecule is O=C(NC(CC1CC1)C(=O)O)c1ccc(Cl)c(N2CCNC2=O)c1. The lowest BCUT2D eigenvalue weighted by atomic mass is 10.1. The number of aliphatic carboxylic acids is 1. The Morgan fingerprint density at radius 1 is 1.42 bits per heavy atom. The van der Waals surface area contributed by atoms with Gasteiger partial charge in [0.05, 0.1) is 10.7 Å². The zero-order valence-electron chi connectivity index (χ0n) is 12.9. The summed E-state index contributed by atoms with van der Waals surface area (Å²) in [5.74, 6) is -1.15. The van der Waals surface area contributed by atoms with E-state index in [1.807, 2.05) is 0 Å². The molecule has 1 aliphatic heterocycles. The molecule has 3 N–H and O–H groups in total. The number of halogens is 1. The van der Waals surface area contributed by atoms with Crippen LogP contribution in [0.4, 0.5) is 10.5 Å². The van der Waals surface area contributed by atoms with Gasteiger partial charge in [0, 0.05) is 18.7 Å². The van der Waals surface area contributed by atoms with Gasteiger partial charge in [0.2, 0.25) is 0 Å². The summed E-state index contributed by atoms with van der Waals surface area (Å²) in [4.78, 5) is 36.9. The van der Waals surface area contributed by atoms with Crippen molar-refractivity contribution in [1.82, 2.24) is 10.6 Å². The van der Waals surface area contributed by atoms with Gasteiger partial charge in [0.15, 0.2) is 0 Å². The summed E-state index contributed by atoms with van der Waals surface area (Å²) in [7, 11) is 0. The number of hydrogen-bond acceptors (Lipinski definition) is 3. The summed E-state index contributed by atoms with van der Waals surface area (Å²) in [6, 6.07) is 3.39. The van der Waals surface area contributed by atoms with Crippen molar-refractivity contribution in [3.8, 4) is 0 Å². The lowest BCUT2D eigenvalue weighted by Gasteiger charge is -2.18. The minimum atomic E-state index is -1.04. The van der Waals surface area contributed by atoms with Gasteiger partial charge in [-0.1, -0.05) is 24.4 Å². The smallest absolute Gasteiger partial charge is 0.326 e. The van der Waals surface area contributed by atoms with Crippen LogP contribution in [0.25, 0.3) is 0 Å². The largest absolute Gasteiger partial charge is 0.480 e. The Bertz CT molecular complexity index is 690. The summed E-state index contributed by atoms with van der Waals surface area (Å²) in [5.41, 5.74) is 0.713. The molecule has 2 aliphatic rings. The molecule has 1 aromatic carbocycles. The molecule has 1 saturated carbocycles. The van der Waals surface area contributed by atoms with Crippen molar-refractivity contribution in [2.45, 2.75) is 25.3 Å². The van der Waals surface area contributed by atoms with Crippen molar-refractivity contribution in [3.05, 3.63) is 28.8 Å². The van der Waals surface area contributed by atoms with E-state index in [1.54, 1.807) is 0 Å². The molecule has 1 aromatic rings. The molecule has 1 heterocycles. The molecule has 0 radical (unpaired) electrons. The van der Waals surface area contributed by atoms with Crippen LogP contribution in [0.15, 0.2) is 18.2 Å². The second kappa shape index (κ2) is 6.68. The number of carboxylic acids is 1. The molecule has 1 aliphatic carbocycles. The van der Waals surface area contributed by atoms with Crippen molar-refractivity contribution in [1.29, 1.82) is 0 Å². The lowest BCUT2D eigenvalue weighted by molar-refractivity contribution is -0.139. The number of carbonyl (C=O) groups is 3. The molecule has 2 fully saturated rings. The highest BCUT2D eigenvalue weighted by atomic mass is 35.5. The maximum atomic E-state index is 12.4. The predicted octanol–water partition coefficient (Wildman–Crippen LogP) is 1.85. The van der Waals surface area contributed by atoms with Gasteiger partial charge < -0.3 is 15.7 Å². The van der Waals surface area contributed by atoms with E-state index in [0.717, 1.165) is 12.8 Å². The van der Waals surface area contributed by atoms with Crippen LogP contribution in [0.2, 0.25) is 5.02 Å². The van der Waals surface area contributed by atoms with E-state index in [0.29, 0.717) is 36.1 Å². The van der Waals surface area contributed by atoms with Crippen LogP contribution in [0, 0.1) is 5.92 Å². The highest BCUT2D eigenvalue weighted by molar-refractivity contribution is 6.34. The maximum absolute atomic E-state index is 12.4. The standard InChI is InChI=1S/C16H18ClN3O4/c17-11-4-3-10(8-13(11)20-6-5-18-16(20)24)14(21)19-12(15(22)23)7-9-1-2-9/h3-4,8-9,12H,1-2,5-7H2,(H,18,24)(H,19,21)(H,22,23). The van der Waals surface area contributed by atoms with Gasteiger partial charge in [0.25, 0.3) is 5.91 Å². The number of hydrogen-bond donors (Lipinski definition) is 3. The number of carboxylic acid groups (broad SMARTS) is 1. The Balaban J connectivity index is 1.76. The van der Waals surface area contributed by atoms with E-state index in [9.17, 15) is 19.5 Å². The number of nitrogens with one attached hydrogen (secondary N) is 2. The van der Waals surface area contributed by atoms with E-state index in [4.69, 9.17) is 11.6 Å². The second-order valence-corrected chi connectivity index (χ2v) is 6.50. The Labute approximate surface area is 144 Å². The first-order valence-corrected chi connectivity index (χ1v) is 8.22. The van der Waals surface area contributed by atoms with Crippen LogP contribution in [0.1, 0.15) is 29.6 Å². The monoisotopic (exact) mass is 351 g/mol. The third-order valence-corrected chi connectivity index (χ3v) is 4.54. The zero-order valence-corrected chi connectivity index (χ0v) is 13.7. The van der Waals surface area contributed by atoms with Gasteiger partial charge in [-0.25, -0.2) is 9.59 Å². The van der Waals surface area contributed by atoms with E-state index in [1.165, 1.54) is 23.1 Å². The number of amides is 3. The molecule has 3 rings (SSSR count). The summed E-state index contributed by atoms with van der Waals surface area (Å²) in [6.45, 7) is 0.969. The third-order valence-electron chi connectivity index (χ3n) is 4.23. The minimum absolute atomic E-state index is 0.272. The van der Waals surface area contributed by atoms with E-state index in [-0.39, 0.29) is 11.6 Å². The third kappa shape index (κ3) is 3.62. The molecule has 7 nitrogen and oxygen atoms in total. The average Bonchev–Trinajstić information content (AvgIpc) is 3.26. The average molecular weight is 352 g/mol. The van der Waals surface area contributed by atoms with Crippen molar-refractivity contribution in [2.75, 3.05) is 18.0 Å². The Morgan fingerprint density at radius 2 is 2.17 bits per heavy atom. The predicted molar refractivity (Wildman–Crippen MR) is 88.4 cm³/mol. The molecule has 128 valence electrons. The van der Waals surface area contributed by atoms with Crippen LogP contribution in [-0.4, -0.2) is 42.1 Å². The number of anilines is 1. The normalized spacial score (nSPS) is 18.2. The first-order chi connectivity index (χ1) is 11.5. The van der Waals surface area contributed by atoms with Gasteiger partial charge in [0.1, 0.15) is 6.04 Å². The second-order valence-electron chi connectivity index (χ2n) is 6.09. The topological polar surface area (TPSA) is 98.7 Å². The maximum Gasteiger partial charge on any atom is 0.326 e. The molecule has 0 spiro atoms. The number of benzene rings is 1. The molecule has 24 heavy (non-hydrogen) atoms. The highest BCUT2D eigenvalue weighted by Gasteiger charge is 2.31. The Morgan fingerprint density at radius 3 is 2.75 bits per heavy atom. The molecule has 1 unspecified atom stereocenters. The summed E-state index contributed by atoms with van der Waals surface area (Å²) in [5, 5.41) is 14.8. The quantitative estimate of drug-likeness (QED) is 0.728. The van der Waals surface area contributed by atoms with Crippen LogP contribution < -0.4 is 15.5 Å². The number of rotatable bonds is 6. The first kappa shape index (κ1) is 16.6. The first-order valence-electron chi connectivity index (χ1n) is 7.84. The van der Waals surface area contributed by atoms with Gasteiger partial charge in [-0.3, -0.25) is 9.69 Å². The van der Waals surface area contributed by atoms with Gasteiger partial charge in [-0.05, 0) is 30.5 Å². The van der Waals surface area contributed by atoms with Gasteiger partial charge in [-0.15, -0.1) is 0 Å². The van der Waals surface area contributed by atoms with Crippen molar-refractivity contribution in [3.63, 3.8) is 0 Å². The fourth-order valence-corrected chi connectivity index (χ4v) is 2.93. The van der Waals surface area contributed by atoms with Crippen molar-refractivity contribution in [2.24, 2.45) is 5.92 Å². The Hall–Kier alpha value is -2.28. The zero-order chi connectivity index (χ0) is 17.3. The van der Waals surface area contributed by atoms with Crippen molar-refractivity contribution >= 4 is 35.2 Å². The van der Waals surface area contributed by atoms with Gasteiger partial charge >= 0.3 is 12.0 Å². The molecular formula is C16H18ClN3O4. The van der Waals surface area contributed by atoms with Crippen molar-refractivity contribution < 1.29 is 19.5 Å². The molecule has 8 heteroatoms. The lowest BCUT2D eigenvalue weighted by Crippen LogP contribution is -2.41. The Kier molecular flexibility index (Phi) is 4.62. The fourth-order valence-electron chi connectivity index (χ4n) is 2.71. The molecule has 1 atom stereocenters. The number of nitrogens with zero attached hydrogens (tertiary/aromatic N) is 1. The fraction of sp³-hybridized carbons (Fsp3) is 0.438. The van der Waals surface area contributed by atoms with E-state index in [2.05, 4.69) is 10.6 Å².